The Balaban J connectivity index is 2.34. The van der Waals surface area contributed by atoms with Gasteiger partial charge >= 0.3 is 0 Å². The number of benzene rings is 1. The topological polar surface area (TPSA) is 75.2 Å². The lowest BCUT2D eigenvalue weighted by molar-refractivity contribution is 0.115. The van der Waals surface area contributed by atoms with E-state index in [1.807, 2.05) is 6.92 Å². The van der Waals surface area contributed by atoms with Crippen LogP contribution in [0.15, 0.2) is 29.1 Å². The van der Waals surface area contributed by atoms with Gasteiger partial charge in [0.15, 0.2) is 0 Å². The van der Waals surface area contributed by atoms with Crippen molar-refractivity contribution in [1.82, 2.24) is 9.97 Å². The van der Waals surface area contributed by atoms with Crippen LogP contribution in [0.2, 0.25) is 0 Å². The van der Waals surface area contributed by atoms with Crippen LogP contribution >= 0.6 is 0 Å². The van der Waals surface area contributed by atoms with Crippen molar-refractivity contribution in [3.8, 4) is 17.0 Å². The Hall–Kier alpha value is -2.21. The second-order valence-electron chi connectivity index (χ2n) is 4.27. The Bertz CT molecular complexity index is 655. The summed E-state index contributed by atoms with van der Waals surface area (Å²) in [5.41, 5.74) is -0.306. The predicted octanol–water partition coefficient (Wildman–Crippen LogP) is 2.21. The first-order chi connectivity index (χ1) is 9.61. The number of nitrogens with zero attached hydrogens (tertiary/aromatic N) is 1. The van der Waals surface area contributed by atoms with Crippen molar-refractivity contribution in [3.05, 3.63) is 46.3 Å². The fourth-order valence-electron chi connectivity index (χ4n) is 1.79. The van der Waals surface area contributed by atoms with Crippen LogP contribution in [0.1, 0.15) is 19.2 Å². The molecule has 6 heteroatoms. The molecule has 0 atom stereocenters. The first-order valence-corrected chi connectivity index (χ1v) is 6.27. The zero-order valence-corrected chi connectivity index (χ0v) is 11.0. The number of aromatic nitrogens is 2. The Kier molecular flexibility index (Phi) is 4.47. The zero-order chi connectivity index (χ0) is 14.5. The van der Waals surface area contributed by atoms with Crippen LogP contribution in [-0.2, 0) is 11.3 Å². The summed E-state index contributed by atoms with van der Waals surface area (Å²) in [7, 11) is 0. The molecule has 0 aliphatic rings. The first kappa shape index (κ1) is 14.2. The molecule has 1 heterocycles. The van der Waals surface area contributed by atoms with Crippen molar-refractivity contribution in [3.63, 3.8) is 0 Å². The summed E-state index contributed by atoms with van der Waals surface area (Å²) < 4.78 is 18.4. The van der Waals surface area contributed by atoms with E-state index in [2.05, 4.69) is 9.97 Å². The summed E-state index contributed by atoms with van der Waals surface area (Å²) in [4.78, 5) is 18.4. The number of rotatable bonds is 5. The molecular weight excluding hydrogens is 263 g/mol. The van der Waals surface area contributed by atoms with Gasteiger partial charge in [0.05, 0.1) is 0 Å². The monoisotopic (exact) mass is 278 g/mol. The largest absolute Gasteiger partial charge is 0.493 e. The van der Waals surface area contributed by atoms with Gasteiger partial charge in [-0.2, -0.15) is 4.98 Å². The van der Waals surface area contributed by atoms with Crippen LogP contribution in [0, 0.1) is 5.82 Å². The zero-order valence-electron chi connectivity index (χ0n) is 11.0. The van der Waals surface area contributed by atoms with Crippen LogP contribution in [0.5, 0.6) is 5.88 Å². The Morgan fingerprint density at radius 3 is 2.90 bits per heavy atom. The van der Waals surface area contributed by atoms with E-state index >= 15 is 0 Å². The van der Waals surface area contributed by atoms with E-state index < -0.39 is 17.3 Å². The van der Waals surface area contributed by atoms with Crippen molar-refractivity contribution in [2.45, 2.75) is 20.0 Å². The molecule has 2 rings (SSSR count). The van der Waals surface area contributed by atoms with E-state index in [0.29, 0.717) is 6.61 Å². The Labute approximate surface area is 115 Å². The summed E-state index contributed by atoms with van der Waals surface area (Å²) in [6, 6.07) is 5.42. The minimum Gasteiger partial charge on any atom is -0.493 e. The van der Waals surface area contributed by atoms with E-state index in [0.717, 1.165) is 6.42 Å². The number of hydrogen-bond acceptors (Lipinski definition) is 4. The SMILES string of the molecule is CCCOCc1nc(O)c(-c2cccc(F)c2)c(=O)[nH]1. The lowest BCUT2D eigenvalue weighted by Crippen LogP contribution is -2.15. The van der Waals surface area contributed by atoms with Crippen molar-refractivity contribution >= 4 is 0 Å². The minimum atomic E-state index is -0.529. The van der Waals surface area contributed by atoms with Crippen LogP contribution in [0.4, 0.5) is 4.39 Å². The quantitative estimate of drug-likeness (QED) is 0.822. The van der Waals surface area contributed by atoms with Gasteiger partial charge in [-0.15, -0.1) is 0 Å². The number of hydrogen-bond donors (Lipinski definition) is 2. The van der Waals surface area contributed by atoms with Crippen molar-refractivity contribution < 1.29 is 14.2 Å². The van der Waals surface area contributed by atoms with Gasteiger partial charge in [0, 0.05) is 6.61 Å². The molecule has 0 spiro atoms. The molecule has 2 aromatic rings. The van der Waals surface area contributed by atoms with Gasteiger partial charge < -0.3 is 14.8 Å². The third-order valence-electron chi connectivity index (χ3n) is 2.65. The lowest BCUT2D eigenvalue weighted by atomic mass is 10.1. The minimum absolute atomic E-state index is 0.0521. The number of ether oxygens (including phenoxy) is 1. The van der Waals surface area contributed by atoms with Crippen molar-refractivity contribution in [2.24, 2.45) is 0 Å². The summed E-state index contributed by atoms with van der Waals surface area (Å²) in [5, 5.41) is 9.86. The lowest BCUT2D eigenvalue weighted by Gasteiger charge is -2.06. The standard InChI is InChI=1S/C14H15FN2O3/c1-2-6-20-8-11-16-13(18)12(14(19)17-11)9-4-3-5-10(15)7-9/h3-5,7H,2,6,8H2,1H3,(H2,16,17,18,19). The van der Waals surface area contributed by atoms with Gasteiger partial charge in [0.2, 0.25) is 5.88 Å². The molecule has 0 aliphatic heterocycles. The number of H-pyrrole nitrogens is 1. The molecule has 0 fully saturated rings. The van der Waals surface area contributed by atoms with E-state index in [1.54, 1.807) is 0 Å². The molecule has 20 heavy (non-hydrogen) atoms. The molecule has 106 valence electrons. The average molecular weight is 278 g/mol. The molecule has 0 aliphatic carbocycles. The second-order valence-corrected chi connectivity index (χ2v) is 4.27. The highest BCUT2D eigenvalue weighted by Gasteiger charge is 2.13. The number of aromatic amines is 1. The third-order valence-corrected chi connectivity index (χ3v) is 2.65. The maximum absolute atomic E-state index is 13.2. The molecule has 0 radical (unpaired) electrons. The fraction of sp³-hybridized carbons (Fsp3) is 0.286. The molecular formula is C14H15FN2O3. The van der Waals surface area contributed by atoms with Crippen molar-refractivity contribution in [2.75, 3.05) is 6.61 Å². The Morgan fingerprint density at radius 1 is 1.45 bits per heavy atom. The highest BCUT2D eigenvalue weighted by Crippen LogP contribution is 2.23. The molecule has 0 unspecified atom stereocenters. The predicted molar refractivity (Wildman–Crippen MR) is 71.9 cm³/mol. The van der Waals surface area contributed by atoms with Crippen LogP contribution < -0.4 is 5.56 Å². The number of halogens is 1. The van der Waals surface area contributed by atoms with E-state index in [9.17, 15) is 14.3 Å². The third kappa shape index (κ3) is 3.21. The van der Waals surface area contributed by atoms with Gasteiger partial charge in [-0.05, 0) is 24.1 Å². The molecule has 0 saturated heterocycles. The molecule has 0 bridgehead atoms. The van der Waals surface area contributed by atoms with Gasteiger partial charge in [-0.25, -0.2) is 4.39 Å². The van der Waals surface area contributed by atoms with Gasteiger partial charge in [0.25, 0.3) is 5.56 Å². The highest BCUT2D eigenvalue weighted by atomic mass is 19.1. The van der Waals surface area contributed by atoms with E-state index in [-0.39, 0.29) is 23.6 Å². The van der Waals surface area contributed by atoms with Crippen LogP contribution in [0.25, 0.3) is 11.1 Å². The smallest absolute Gasteiger partial charge is 0.262 e. The molecule has 5 nitrogen and oxygen atoms in total. The summed E-state index contributed by atoms with van der Waals surface area (Å²) >= 11 is 0. The molecule has 1 aromatic carbocycles. The van der Waals surface area contributed by atoms with Crippen LogP contribution in [-0.4, -0.2) is 21.7 Å². The van der Waals surface area contributed by atoms with E-state index in [1.165, 1.54) is 24.3 Å². The highest BCUT2D eigenvalue weighted by molar-refractivity contribution is 5.67. The van der Waals surface area contributed by atoms with Crippen molar-refractivity contribution in [1.29, 1.82) is 0 Å². The first-order valence-electron chi connectivity index (χ1n) is 6.27. The number of nitrogens with one attached hydrogen (secondary N) is 1. The number of aromatic hydroxyl groups is 1. The summed E-state index contributed by atoms with van der Waals surface area (Å²) in [5.74, 6) is -0.688. The molecule has 0 saturated carbocycles. The summed E-state index contributed by atoms with van der Waals surface area (Å²) in [6.45, 7) is 2.61. The van der Waals surface area contributed by atoms with E-state index in [4.69, 9.17) is 4.74 Å². The molecule has 2 N–H and O–H groups in total. The molecule has 0 amide bonds. The Morgan fingerprint density at radius 2 is 2.25 bits per heavy atom. The fourth-order valence-corrected chi connectivity index (χ4v) is 1.79. The van der Waals surface area contributed by atoms with Crippen LogP contribution in [0.3, 0.4) is 0 Å². The normalized spacial score (nSPS) is 10.7. The summed E-state index contributed by atoms with van der Waals surface area (Å²) in [6.07, 6.45) is 0.845. The average Bonchev–Trinajstić information content (AvgIpc) is 2.38. The maximum atomic E-state index is 13.2. The van der Waals surface area contributed by atoms with Gasteiger partial charge in [-0.3, -0.25) is 4.79 Å². The maximum Gasteiger partial charge on any atom is 0.262 e. The van der Waals surface area contributed by atoms with Gasteiger partial charge in [0.1, 0.15) is 23.8 Å². The molecule has 1 aromatic heterocycles. The second kappa shape index (κ2) is 6.29. The van der Waals surface area contributed by atoms with Gasteiger partial charge in [-0.1, -0.05) is 19.1 Å².